The Bertz CT molecular complexity index is 339. The summed E-state index contributed by atoms with van der Waals surface area (Å²) < 4.78 is 11.2. The number of amides is 2. The number of aliphatic carboxylic acids is 1. The molecular weight excluding hydrogens is 268 g/mol. The number of unbranched alkanes of at least 4 members (excludes halogenated alkanes) is 1. The lowest BCUT2D eigenvalue weighted by Gasteiger charge is -2.23. The summed E-state index contributed by atoms with van der Waals surface area (Å²) in [5, 5.41) is 14.2. The number of rotatable bonds is 6. The first kappa shape index (κ1) is 15.9. The lowest BCUT2D eigenvalue weighted by molar-refractivity contribution is -0.139. The van der Waals surface area contributed by atoms with Gasteiger partial charge in [-0.25, -0.2) is 9.59 Å². The van der Waals surface area contributed by atoms with Crippen LogP contribution in [0.5, 0.6) is 0 Å². The van der Waals surface area contributed by atoms with Crippen molar-refractivity contribution >= 4 is 22.8 Å². The van der Waals surface area contributed by atoms with Crippen LogP contribution in [0, 0.1) is 0 Å². The molecule has 6 nitrogen and oxygen atoms in total. The molecule has 0 bridgehead atoms. The molecule has 110 valence electrons. The first-order chi connectivity index (χ1) is 9.02. The van der Waals surface area contributed by atoms with Crippen molar-refractivity contribution in [3.8, 4) is 0 Å². The van der Waals surface area contributed by atoms with Crippen molar-refractivity contribution in [1.82, 2.24) is 10.6 Å². The first-order valence-electron chi connectivity index (χ1n) is 6.67. The summed E-state index contributed by atoms with van der Waals surface area (Å²) in [6, 6.07) is -1.28. The molecule has 0 aromatic carbocycles. The molecule has 1 unspecified atom stereocenters. The van der Waals surface area contributed by atoms with Crippen LogP contribution in [0.2, 0.25) is 0 Å². The summed E-state index contributed by atoms with van der Waals surface area (Å²) in [4.78, 5) is 22.7. The number of carboxylic acids is 1. The second-order valence-corrected chi connectivity index (χ2v) is 6.47. The molecule has 1 atom stereocenters. The van der Waals surface area contributed by atoms with Crippen molar-refractivity contribution in [2.75, 3.05) is 11.5 Å². The van der Waals surface area contributed by atoms with Gasteiger partial charge in [0.2, 0.25) is 0 Å². The fourth-order valence-electron chi connectivity index (χ4n) is 1.99. The Labute approximate surface area is 115 Å². The molecule has 0 radical (unpaired) electrons. The number of nitrogens with one attached hydrogen (secondary N) is 2. The van der Waals surface area contributed by atoms with Gasteiger partial charge in [0.15, 0.2) is 0 Å². The van der Waals surface area contributed by atoms with Crippen LogP contribution < -0.4 is 10.6 Å². The van der Waals surface area contributed by atoms with Crippen LogP contribution in [-0.2, 0) is 15.6 Å². The minimum absolute atomic E-state index is 0.00156. The second kappa shape index (κ2) is 8.14. The maximum absolute atomic E-state index is 11.7. The maximum Gasteiger partial charge on any atom is 0.326 e. The topological polar surface area (TPSA) is 95.5 Å². The lowest BCUT2D eigenvalue weighted by Crippen LogP contribution is -2.50. The Morgan fingerprint density at radius 2 is 2.00 bits per heavy atom. The summed E-state index contributed by atoms with van der Waals surface area (Å²) >= 11 is 0. The Morgan fingerprint density at radius 1 is 1.37 bits per heavy atom. The minimum Gasteiger partial charge on any atom is -0.480 e. The molecule has 0 aromatic heterocycles. The van der Waals surface area contributed by atoms with Crippen LogP contribution in [0.15, 0.2) is 0 Å². The molecule has 3 N–H and O–H groups in total. The van der Waals surface area contributed by atoms with Gasteiger partial charge in [0.25, 0.3) is 0 Å². The minimum atomic E-state index is -1.01. The molecule has 1 heterocycles. The zero-order chi connectivity index (χ0) is 14.3. The van der Waals surface area contributed by atoms with Gasteiger partial charge in [-0.3, -0.25) is 4.21 Å². The van der Waals surface area contributed by atoms with E-state index >= 15 is 0 Å². The normalized spacial score (nSPS) is 24.5. The van der Waals surface area contributed by atoms with Gasteiger partial charge in [-0.15, -0.1) is 0 Å². The van der Waals surface area contributed by atoms with Crippen LogP contribution in [0.4, 0.5) is 4.79 Å². The van der Waals surface area contributed by atoms with Crippen LogP contribution >= 0.6 is 0 Å². The molecule has 1 rings (SSSR count). The molecule has 7 heteroatoms. The van der Waals surface area contributed by atoms with Gasteiger partial charge in [-0.2, -0.15) is 0 Å². The molecule has 1 saturated heterocycles. The van der Waals surface area contributed by atoms with E-state index in [9.17, 15) is 13.8 Å². The quantitative estimate of drug-likeness (QED) is 0.675. The van der Waals surface area contributed by atoms with Crippen molar-refractivity contribution in [2.24, 2.45) is 0 Å². The van der Waals surface area contributed by atoms with Crippen molar-refractivity contribution in [3.05, 3.63) is 0 Å². The van der Waals surface area contributed by atoms with Crippen molar-refractivity contribution in [1.29, 1.82) is 0 Å². The van der Waals surface area contributed by atoms with Gasteiger partial charge in [-0.1, -0.05) is 19.8 Å². The fraction of sp³-hybridized carbons (Fsp3) is 0.833. The molecule has 1 aliphatic heterocycles. The fourth-order valence-corrected chi connectivity index (χ4v) is 3.29. The first-order valence-corrected chi connectivity index (χ1v) is 8.16. The Hall–Kier alpha value is -1.11. The smallest absolute Gasteiger partial charge is 0.326 e. The van der Waals surface area contributed by atoms with E-state index in [0.29, 0.717) is 30.8 Å². The van der Waals surface area contributed by atoms with Crippen LogP contribution in [-0.4, -0.2) is 44.9 Å². The highest BCUT2D eigenvalue weighted by Crippen LogP contribution is 2.09. The van der Waals surface area contributed by atoms with Crippen molar-refractivity contribution < 1.29 is 18.9 Å². The van der Waals surface area contributed by atoms with E-state index < -0.39 is 28.8 Å². The Balaban J connectivity index is 2.35. The predicted octanol–water partition coefficient (Wildman–Crippen LogP) is 0.840. The molecule has 2 amide bonds. The van der Waals surface area contributed by atoms with E-state index in [4.69, 9.17) is 5.11 Å². The van der Waals surface area contributed by atoms with Gasteiger partial charge >= 0.3 is 12.0 Å². The largest absolute Gasteiger partial charge is 0.480 e. The Morgan fingerprint density at radius 3 is 2.53 bits per heavy atom. The van der Waals surface area contributed by atoms with E-state index in [1.165, 1.54) is 0 Å². The molecule has 0 aromatic rings. The SMILES string of the molecule is CCCCC(NC(=O)NC1CCS(=O)CC1)C(=O)O. The lowest BCUT2D eigenvalue weighted by atomic mass is 10.1. The van der Waals surface area contributed by atoms with Crippen LogP contribution in [0.3, 0.4) is 0 Å². The molecule has 19 heavy (non-hydrogen) atoms. The molecule has 0 saturated carbocycles. The standard InChI is InChI=1S/C12H22N2O4S/c1-2-3-4-10(11(15)16)14-12(17)13-9-5-7-19(18)8-6-9/h9-10H,2-8H2,1H3,(H,15,16)(H2,13,14,17). The molecular formula is C12H22N2O4S. The third-order valence-electron chi connectivity index (χ3n) is 3.17. The highest BCUT2D eigenvalue weighted by Gasteiger charge is 2.23. The number of hydrogen-bond donors (Lipinski definition) is 3. The van der Waals surface area contributed by atoms with Gasteiger partial charge in [0.1, 0.15) is 6.04 Å². The zero-order valence-electron chi connectivity index (χ0n) is 11.2. The average molecular weight is 290 g/mol. The molecule has 1 fully saturated rings. The van der Waals surface area contributed by atoms with Gasteiger partial charge in [0, 0.05) is 28.3 Å². The van der Waals surface area contributed by atoms with Crippen molar-refractivity contribution in [2.45, 2.75) is 51.1 Å². The highest BCUT2D eigenvalue weighted by atomic mass is 32.2. The van der Waals surface area contributed by atoms with Gasteiger partial charge < -0.3 is 15.7 Å². The van der Waals surface area contributed by atoms with Crippen LogP contribution in [0.25, 0.3) is 0 Å². The van der Waals surface area contributed by atoms with E-state index in [1.807, 2.05) is 6.92 Å². The number of carboxylic acid groups (broad SMARTS) is 1. The third-order valence-corrected chi connectivity index (χ3v) is 4.56. The Kier molecular flexibility index (Phi) is 6.83. The monoisotopic (exact) mass is 290 g/mol. The highest BCUT2D eigenvalue weighted by molar-refractivity contribution is 7.85. The number of carbonyl (C=O) groups excluding carboxylic acids is 1. The summed E-state index contributed by atoms with van der Waals surface area (Å²) in [5.41, 5.74) is 0. The van der Waals surface area contributed by atoms with E-state index in [-0.39, 0.29) is 6.04 Å². The summed E-state index contributed by atoms with van der Waals surface area (Å²) in [6.45, 7) is 1.97. The second-order valence-electron chi connectivity index (χ2n) is 4.77. The summed E-state index contributed by atoms with van der Waals surface area (Å²) in [6.07, 6.45) is 3.47. The number of carbonyl (C=O) groups is 2. The third kappa shape index (κ3) is 6.04. The van der Waals surface area contributed by atoms with E-state index in [0.717, 1.165) is 12.8 Å². The molecule has 1 aliphatic rings. The van der Waals surface area contributed by atoms with Gasteiger partial charge in [-0.05, 0) is 19.3 Å². The number of urea groups is 1. The molecule has 0 spiro atoms. The maximum atomic E-state index is 11.7. The van der Waals surface area contributed by atoms with E-state index in [1.54, 1.807) is 0 Å². The van der Waals surface area contributed by atoms with Crippen LogP contribution in [0.1, 0.15) is 39.0 Å². The number of hydrogen-bond acceptors (Lipinski definition) is 3. The van der Waals surface area contributed by atoms with Crippen molar-refractivity contribution in [3.63, 3.8) is 0 Å². The summed E-state index contributed by atoms with van der Waals surface area (Å²) in [5.74, 6) is 0.195. The average Bonchev–Trinajstić information content (AvgIpc) is 2.37. The van der Waals surface area contributed by atoms with E-state index in [2.05, 4.69) is 10.6 Å². The molecule has 0 aliphatic carbocycles. The zero-order valence-corrected chi connectivity index (χ0v) is 12.0. The summed E-state index contributed by atoms with van der Waals surface area (Å²) in [7, 11) is -0.764. The van der Waals surface area contributed by atoms with Gasteiger partial charge in [0.05, 0.1) is 0 Å². The predicted molar refractivity (Wildman–Crippen MR) is 73.5 cm³/mol.